The van der Waals surface area contributed by atoms with Crippen molar-refractivity contribution in [3.05, 3.63) is 77.1 Å². The Kier molecular flexibility index (Phi) is 7.22. The number of carbonyl (C=O) groups excluding carboxylic acids is 1. The molecule has 2 aliphatic rings. The zero-order valence-electron chi connectivity index (χ0n) is 21.0. The lowest BCUT2D eigenvalue weighted by Crippen LogP contribution is -2.49. The van der Waals surface area contributed by atoms with Crippen molar-refractivity contribution in [3.63, 3.8) is 0 Å². The van der Waals surface area contributed by atoms with Crippen molar-refractivity contribution in [2.24, 2.45) is 17.3 Å². The number of aliphatic carboxylic acids is 1. The number of hydrogen-bond acceptors (Lipinski definition) is 4. The number of carbonyl (C=O) groups is 2. The van der Waals surface area contributed by atoms with Crippen LogP contribution in [0.25, 0.3) is 5.57 Å². The molecule has 2 N–H and O–H groups in total. The Bertz CT molecular complexity index is 1140. The van der Waals surface area contributed by atoms with Crippen molar-refractivity contribution in [3.8, 4) is 0 Å². The number of hydrogen-bond donors (Lipinski definition) is 2. The topological polar surface area (TPSA) is 82.5 Å². The number of nitrogens with one attached hydrogen (secondary N) is 1. The van der Waals surface area contributed by atoms with E-state index < -0.39 is 5.97 Å². The zero-order valence-corrected chi connectivity index (χ0v) is 21.0. The molecule has 2 aromatic rings. The van der Waals surface area contributed by atoms with Gasteiger partial charge in [-0.2, -0.15) is 0 Å². The second-order valence-corrected chi connectivity index (χ2v) is 10.9. The first-order valence-corrected chi connectivity index (χ1v) is 12.3. The fourth-order valence-electron chi connectivity index (χ4n) is 5.01. The Labute approximate surface area is 207 Å². The van der Waals surface area contributed by atoms with Crippen molar-refractivity contribution in [2.75, 3.05) is 18.4 Å². The Balaban J connectivity index is 1.50. The number of pyridine rings is 1. The number of carboxylic acid groups (broad SMARTS) is 1. The monoisotopic (exact) mass is 473 g/mol. The van der Waals surface area contributed by atoms with Crippen LogP contribution in [-0.2, 0) is 16.1 Å². The summed E-state index contributed by atoms with van der Waals surface area (Å²) in [7, 11) is 0. The molecule has 6 nitrogen and oxygen atoms in total. The average molecular weight is 474 g/mol. The highest BCUT2D eigenvalue weighted by atomic mass is 16.4. The van der Waals surface area contributed by atoms with Crippen LogP contribution in [0.4, 0.5) is 5.69 Å². The maximum absolute atomic E-state index is 13.4. The van der Waals surface area contributed by atoms with E-state index in [1.54, 1.807) is 6.20 Å². The lowest BCUT2D eigenvalue weighted by molar-refractivity contribution is -0.147. The number of aromatic nitrogens is 1. The normalized spacial score (nSPS) is 19.5. The van der Waals surface area contributed by atoms with Gasteiger partial charge in [-0.15, -0.1) is 0 Å². The SMILES string of the molecule is CC1=C(C(=O)Nc2ccc(CN3CC(C(=O)O)C3)cc2)C=C(c2cccnc2)[C@@H](C(C)(C)C)CC1. The van der Waals surface area contributed by atoms with Gasteiger partial charge in [0.25, 0.3) is 5.91 Å². The molecule has 0 radical (unpaired) electrons. The number of amides is 1. The lowest BCUT2D eigenvalue weighted by Gasteiger charge is -2.36. The maximum Gasteiger partial charge on any atom is 0.309 e. The van der Waals surface area contributed by atoms with Crippen molar-refractivity contribution >= 4 is 23.1 Å². The van der Waals surface area contributed by atoms with Crippen molar-refractivity contribution in [1.82, 2.24) is 9.88 Å². The van der Waals surface area contributed by atoms with Crippen LogP contribution in [0.3, 0.4) is 0 Å². The van der Waals surface area contributed by atoms with Crippen LogP contribution in [0.2, 0.25) is 0 Å². The van der Waals surface area contributed by atoms with Crippen LogP contribution >= 0.6 is 0 Å². The van der Waals surface area contributed by atoms with Gasteiger partial charge in [-0.25, -0.2) is 0 Å². The second-order valence-electron chi connectivity index (χ2n) is 10.9. The highest BCUT2D eigenvalue weighted by Gasteiger charge is 2.33. The molecule has 1 aliphatic heterocycles. The van der Waals surface area contributed by atoms with E-state index in [1.165, 1.54) is 0 Å². The van der Waals surface area contributed by atoms with Gasteiger partial charge < -0.3 is 10.4 Å². The molecule has 184 valence electrons. The minimum Gasteiger partial charge on any atom is -0.481 e. The molecule has 4 rings (SSSR count). The maximum atomic E-state index is 13.4. The number of anilines is 1. The van der Waals surface area contributed by atoms with Gasteiger partial charge in [-0.1, -0.05) is 44.5 Å². The molecule has 0 bridgehead atoms. The molecule has 1 aromatic heterocycles. The molecule has 1 saturated heterocycles. The summed E-state index contributed by atoms with van der Waals surface area (Å²) in [6.07, 6.45) is 7.59. The Hall–Kier alpha value is -3.25. The minimum absolute atomic E-state index is 0.0602. The quantitative estimate of drug-likeness (QED) is 0.588. The summed E-state index contributed by atoms with van der Waals surface area (Å²) in [4.78, 5) is 30.8. The summed E-state index contributed by atoms with van der Waals surface area (Å²) in [6.45, 7) is 10.7. The third-order valence-corrected chi connectivity index (χ3v) is 7.15. The summed E-state index contributed by atoms with van der Waals surface area (Å²) >= 11 is 0. The molecular weight excluding hydrogens is 438 g/mol. The van der Waals surface area contributed by atoms with E-state index in [0.717, 1.165) is 46.4 Å². The van der Waals surface area contributed by atoms with Crippen LogP contribution in [0.15, 0.2) is 66.0 Å². The van der Waals surface area contributed by atoms with Crippen LogP contribution in [-0.4, -0.2) is 40.0 Å². The number of nitrogens with zero attached hydrogens (tertiary/aromatic N) is 2. The first-order chi connectivity index (χ1) is 16.6. The van der Waals surface area contributed by atoms with Crippen LogP contribution in [0.5, 0.6) is 0 Å². The van der Waals surface area contributed by atoms with Crippen molar-refractivity contribution in [2.45, 2.75) is 47.1 Å². The van der Waals surface area contributed by atoms with Gasteiger partial charge in [-0.3, -0.25) is 19.5 Å². The molecule has 6 heteroatoms. The van der Waals surface area contributed by atoms with Crippen LogP contribution in [0, 0.1) is 17.3 Å². The van der Waals surface area contributed by atoms with E-state index >= 15 is 0 Å². The number of likely N-dealkylation sites (tertiary alicyclic amines) is 1. The highest BCUT2D eigenvalue weighted by molar-refractivity contribution is 6.07. The summed E-state index contributed by atoms with van der Waals surface area (Å²) in [5, 5.41) is 12.1. The van der Waals surface area contributed by atoms with Gasteiger partial charge in [0.05, 0.1) is 5.92 Å². The molecule has 1 amide bonds. The van der Waals surface area contributed by atoms with E-state index in [2.05, 4.69) is 55.0 Å². The molecule has 1 aliphatic carbocycles. The predicted molar refractivity (Wildman–Crippen MR) is 139 cm³/mol. The molecule has 2 heterocycles. The van der Waals surface area contributed by atoms with Crippen molar-refractivity contribution in [1.29, 1.82) is 0 Å². The van der Waals surface area contributed by atoms with E-state index in [4.69, 9.17) is 5.11 Å². The van der Waals surface area contributed by atoms with E-state index in [1.807, 2.05) is 36.5 Å². The van der Waals surface area contributed by atoms with E-state index in [0.29, 0.717) is 25.6 Å². The van der Waals surface area contributed by atoms with Crippen LogP contribution in [0.1, 0.15) is 51.7 Å². The summed E-state index contributed by atoms with van der Waals surface area (Å²) in [5.74, 6) is -0.768. The van der Waals surface area contributed by atoms with E-state index in [-0.39, 0.29) is 17.2 Å². The molecule has 1 fully saturated rings. The Morgan fingerprint density at radius 1 is 1.14 bits per heavy atom. The summed E-state index contributed by atoms with van der Waals surface area (Å²) in [5.41, 5.74) is 5.95. The van der Waals surface area contributed by atoms with E-state index in [9.17, 15) is 9.59 Å². The number of carboxylic acids is 1. The number of allylic oxidation sites excluding steroid dienone is 2. The molecule has 35 heavy (non-hydrogen) atoms. The van der Waals surface area contributed by atoms with Gasteiger partial charge in [0.1, 0.15) is 0 Å². The number of rotatable bonds is 6. The van der Waals surface area contributed by atoms with Gasteiger partial charge in [0, 0.05) is 43.3 Å². The molecule has 0 spiro atoms. The fourth-order valence-corrected chi connectivity index (χ4v) is 5.01. The van der Waals surface area contributed by atoms with Gasteiger partial charge >= 0.3 is 5.97 Å². The zero-order chi connectivity index (χ0) is 25.2. The molecular formula is C29H35N3O3. The Morgan fingerprint density at radius 2 is 1.86 bits per heavy atom. The van der Waals surface area contributed by atoms with Crippen molar-refractivity contribution < 1.29 is 14.7 Å². The largest absolute Gasteiger partial charge is 0.481 e. The lowest BCUT2D eigenvalue weighted by atomic mass is 9.72. The minimum atomic E-state index is -0.725. The number of benzene rings is 1. The fraction of sp³-hybridized carbons (Fsp3) is 0.414. The molecule has 0 saturated carbocycles. The predicted octanol–water partition coefficient (Wildman–Crippen LogP) is 5.39. The third-order valence-electron chi connectivity index (χ3n) is 7.15. The summed E-state index contributed by atoms with van der Waals surface area (Å²) in [6, 6.07) is 11.8. The van der Waals surface area contributed by atoms with Crippen LogP contribution < -0.4 is 5.32 Å². The first kappa shape index (κ1) is 24.9. The first-order valence-electron chi connectivity index (χ1n) is 12.3. The molecule has 1 atom stereocenters. The Morgan fingerprint density at radius 3 is 2.46 bits per heavy atom. The molecule has 0 unspecified atom stereocenters. The average Bonchev–Trinajstić information content (AvgIpc) is 2.96. The third kappa shape index (κ3) is 5.88. The summed E-state index contributed by atoms with van der Waals surface area (Å²) < 4.78 is 0. The highest BCUT2D eigenvalue weighted by Crippen LogP contribution is 2.43. The van der Waals surface area contributed by atoms with Gasteiger partial charge in [0.15, 0.2) is 0 Å². The standard InChI is InChI=1S/C29H35N3O3/c1-19-7-12-26(29(2,3)4)25(21-6-5-13-30-15-21)14-24(19)27(33)31-23-10-8-20(9-11-23)16-32-17-22(18-32)28(34)35/h5-6,8-11,13-15,22,26H,7,12,16-18H2,1-4H3,(H,31,33)(H,34,35)/t26-/m0/s1. The smallest absolute Gasteiger partial charge is 0.309 e. The van der Waals surface area contributed by atoms with Gasteiger partial charge in [-0.05, 0) is 72.1 Å². The molecule has 1 aromatic carbocycles. The second kappa shape index (κ2) is 10.2. The van der Waals surface area contributed by atoms with Gasteiger partial charge in [0.2, 0.25) is 0 Å².